The first-order valence-corrected chi connectivity index (χ1v) is 12.4. The third-order valence-corrected chi connectivity index (χ3v) is 6.91. The van der Waals surface area contributed by atoms with E-state index in [4.69, 9.17) is 9.97 Å². The van der Waals surface area contributed by atoms with Gasteiger partial charge in [0.15, 0.2) is 5.82 Å². The minimum absolute atomic E-state index is 0.200. The van der Waals surface area contributed by atoms with Crippen LogP contribution in [-0.2, 0) is 0 Å². The van der Waals surface area contributed by atoms with Crippen molar-refractivity contribution in [1.82, 2.24) is 14.9 Å². The van der Waals surface area contributed by atoms with Crippen LogP contribution in [0.3, 0.4) is 0 Å². The second-order valence-electron chi connectivity index (χ2n) is 9.11. The fourth-order valence-electron chi connectivity index (χ4n) is 5.14. The highest BCUT2D eigenvalue weighted by molar-refractivity contribution is 5.91. The van der Waals surface area contributed by atoms with Crippen molar-refractivity contribution in [2.24, 2.45) is 0 Å². The Morgan fingerprint density at radius 1 is 0.611 bits per heavy atom. The van der Waals surface area contributed by atoms with Crippen LogP contribution >= 0.6 is 0 Å². The van der Waals surface area contributed by atoms with E-state index < -0.39 is 0 Å². The van der Waals surface area contributed by atoms with E-state index in [-0.39, 0.29) is 11.9 Å². The molecule has 0 atom stereocenters. The molecule has 0 unspecified atom stereocenters. The molecule has 0 bridgehead atoms. The lowest BCUT2D eigenvalue weighted by Crippen LogP contribution is -2.48. The molecule has 0 spiro atoms. The second-order valence-corrected chi connectivity index (χ2v) is 9.11. The van der Waals surface area contributed by atoms with Crippen molar-refractivity contribution >= 4 is 16.7 Å². The molecular formula is C31H27FN4. The normalized spacial score (nSPS) is 14.4. The largest absolute Gasteiger partial charge is 0.353 e. The third-order valence-electron chi connectivity index (χ3n) is 6.91. The fourth-order valence-corrected chi connectivity index (χ4v) is 5.14. The first kappa shape index (κ1) is 22.4. The highest BCUT2D eigenvalue weighted by atomic mass is 19.1. The maximum atomic E-state index is 14.6. The first-order valence-electron chi connectivity index (χ1n) is 12.4. The van der Waals surface area contributed by atoms with Gasteiger partial charge in [-0.2, -0.15) is 0 Å². The molecule has 1 saturated heterocycles. The minimum atomic E-state index is -0.308. The predicted molar refractivity (Wildman–Crippen MR) is 143 cm³/mol. The Morgan fingerprint density at radius 3 is 1.86 bits per heavy atom. The van der Waals surface area contributed by atoms with E-state index in [1.165, 1.54) is 17.2 Å². The van der Waals surface area contributed by atoms with Crippen LogP contribution < -0.4 is 4.90 Å². The van der Waals surface area contributed by atoms with E-state index in [0.717, 1.165) is 42.9 Å². The zero-order chi connectivity index (χ0) is 24.3. The molecular weight excluding hydrogens is 447 g/mol. The molecule has 36 heavy (non-hydrogen) atoms. The maximum absolute atomic E-state index is 14.6. The third kappa shape index (κ3) is 4.34. The number of halogens is 1. The zero-order valence-electron chi connectivity index (χ0n) is 20.0. The number of piperazine rings is 1. The molecule has 0 aliphatic carbocycles. The molecule has 0 amide bonds. The van der Waals surface area contributed by atoms with Gasteiger partial charge in [-0.05, 0) is 35.4 Å². The van der Waals surface area contributed by atoms with Gasteiger partial charge < -0.3 is 4.90 Å². The number of fused-ring (bicyclic) bond motifs is 1. The number of hydrogen-bond acceptors (Lipinski definition) is 4. The topological polar surface area (TPSA) is 32.3 Å². The van der Waals surface area contributed by atoms with Gasteiger partial charge in [0, 0.05) is 31.6 Å². The second kappa shape index (κ2) is 9.88. The number of rotatable bonds is 5. The van der Waals surface area contributed by atoms with Crippen LogP contribution in [0.1, 0.15) is 17.2 Å². The van der Waals surface area contributed by atoms with Gasteiger partial charge >= 0.3 is 0 Å². The molecule has 1 fully saturated rings. The number of aromatic nitrogens is 2. The van der Waals surface area contributed by atoms with Crippen LogP contribution in [0.25, 0.3) is 22.3 Å². The van der Waals surface area contributed by atoms with Crippen molar-refractivity contribution in [3.05, 3.63) is 126 Å². The van der Waals surface area contributed by atoms with Gasteiger partial charge in [0.25, 0.3) is 0 Å². The maximum Gasteiger partial charge on any atom is 0.165 e. The summed E-state index contributed by atoms with van der Waals surface area (Å²) in [6.45, 7) is 3.44. The number of hydrogen-bond donors (Lipinski definition) is 0. The summed E-state index contributed by atoms with van der Waals surface area (Å²) in [5.41, 5.74) is 3.85. The average molecular weight is 475 g/mol. The van der Waals surface area contributed by atoms with Crippen LogP contribution in [-0.4, -0.2) is 41.0 Å². The van der Waals surface area contributed by atoms with Crippen LogP contribution in [0.5, 0.6) is 0 Å². The van der Waals surface area contributed by atoms with Gasteiger partial charge in [0.1, 0.15) is 11.6 Å². The smallest absolute Gasteiger partial charge is 0.165 e. The minimum Gasteiger partial charge on any atom is -0.353 e. The lowest BCUT2D eigenvalue weighted by Gasteiger charge is -2.40. The molecule has 1 aromatic heterocycles. The Bertz CT molecular complexity index is 1420. The molecule has 4 nitrogen and oxygen atoms in total. The fraction of sp³-hybridized carbons (Fsp3) is 0.161. The molecule has 178 valence electrons. The first-order chi connectivity index (χ1) is 17.8. The summed E-state index contributed by atoms with van der Waals surface area (Å²) >= 11 is 0. The molecule has 0 radical (unpaired) electrons. The number of benzene rings is 4. The zero-order valence-corrected chi connectivity index (χ0v) is 20.0. The molecule has 2 heterocycles. The van der Waals surface area contributed by atoms with E-state index in [1.807, 2.05) is 24.3 Å². The van der Waals surface area contributed by atoms with Gasteiger partial charge in [-0.3, -0.25) is 4.90 Å². The Morgan fingerprint density at radius 2 is 1.19 bits per heavy atom. The molecule has 1 aliphatic rings. The molecule has 0 saturated carbocycles. The SMILES string of the molecule is Fc1ccccc1-c1nc(N2CCN(C(c3ccccc3)c3ccccc3)CC2)c2ccccc2n1. The van der Waals surface area contributed by atoms with Crippen LogP contribution in [0.15, 0.2) is 109 Å². The Labute approximate surface area is 210 Å². The lowest BCUT2D eigenvalue weighted by atomic mass is 9.96. The van der Waals surface area contributed by atoms with Crippen LogP contribution in [0.2, 0.25) is 0 Å². The molecule has 1 aliphatic heterocycles. The molecule has 5 aromatic rings. The Kier molecular flexibility index (Phi) is 6.14. The summed E-state index contributed by atoms with van der Waals surface area (Å²) in [7, 11) is 0. The van der Waals surface area contributed by atoms with E-state index >= 15 is 0 Å². The van der Waals surface area contributed by atoms with Gasteiger partial charge in [0.05, 0.1) is 17.1 Å². The number of anilines is 1. The number of para-hydroxylation sites is 1. The highest BCUT2D eigenvalue weighted by Crippen LogP contribution is 2.33. The Balaban J connectivity index is 1.32. The standard InChI is InChI=1S/C31H27FN4/c32-27-17-9-7-15-25(27)30-33-28-18-10-8-16-26(28)31(34-30)36-21-19-35(20-22-36)29(23-11-3-1-4-12-23)24-13-5-2-6-14-24/h1-18,29H,19-22H2. The summed E-state index contributed by atoms with van der Waals surface area (Å²) in [6.07, 6.45) is 0. The molecule has 6 rings (SSSR count). The van der Waals surface area contributed by atoms with Crippen molar-refractivity contribution in [3.63, 3.8) is 0 Å². The van der Waals surface area contributed by atoms with Gasteiger partial charge in [-0.15, -0.1) is 0 Å². The lowest BCUT2D eigenvalue weighted by molar-refractivity contribution is 0.212. The Hall–Kier alpha value is -4.09. The summed E-state index contributed by atoms with van der Waals surface area (Å²) in [5, 5.41) is 0.994. The van der Waals surface area contributed by atoms with Crippen molar-refractivity contribution in [3.8, 4) is 11.4 Å². The van der Waals surface area contributed by atoms with Gasteiger partial charge in [0.2, 0.25) is 0 Å². The predicted octanol–water partition coefficient (Wildman–Crippen LogP) is 6.35. The summed E-state index contributed by atoms with van der Waals surface area (Å²) < 4.78 is 14.6. The van der Waals surface area contributed by atoms with Crippen LogP contribution in [0, 0.1) is 5.82 Å². The molecule has 4 aromatic carbocycles. The highest BCUT2D eigenvalue weighted by Gasteiger charge is 2.28. The summed E-state index contributed by atoms with van der Waals surface area (Å²) in [5.74, 6) is 0.988. The van der Waals surface area contributed by atoms with E-state index in [9.17, 15) is 4.39 Å². The van der Waals surface area contributed by atoms with Crippen molar-refractivity contribution in [1.29, 1.82) is 0 Å². The van der Waals surface area contributed by atoms with Crippen molar-refractivity contribution in [2.45, 2.75) is 6.04 Å². The quantitative estimate of drug-likeness (QED) is 0.297. The van der Waals surface area contributed by atoms with Crippen LogP contribution in [0.4, 0.5) is 10.2 Å². The summed E-state index contributed by atoms with van der Waals surface area (Å²) in [4.78, 5) is 14.5. The van der Waals surface area contributed by atoms with Gasteiger partial charge in [-0.1, -0.05) is 84.9 Å². The van der Waals surface area contributed by atoms with Crippen molar-refractivity contribution in [2.75, 3.05) is 31.1 Å². The average Bonchev–Trinajstić information content (AvgIpc) is 2.94. The van der Waals surface area contributed by atoms with Crippen molar-refractivity contribution < 1.29 is 4.39 Å². The molecule has 5 heteroatoms. The van der Waals surface area contributed by atoms with E-state index in [2.05, 4.69) is 76.5 Å². The number of nitrogens with zero attached hydrogens (tertiary/aromatic N) is 4. The van der Waals surface area contributed by atoms with E-state index in [1.54, 1.807) is 12.1 Å². The van der Waals surface area contributed by atoms with E-state index in [0.29, 0.717) is 11.4 Å². The van der Waals surface area contributed by atoms with Gasteiger partial charge in [-0.25, -0.2) is 14.4 Å². The summed E-state index contributed by atoms with van der Waals surface area (Å²) in [6, 6.07) is 36.3. The molecule has 0 N–H and O–H groups in total. The monoisotopic (exact) mass is 474 g/mol.